The number of hydrogen-bond acceptors (Lipinski definition) is 4. The van der Waals surface area contributed by atoms with Crippen molar-refractivity contribution in [1.82, 2.24) is 15.5 Å². The van der Waals surface area contributed by atoms with Gasteiger partial charge in [0.25, 0.3) is 0 Å². The van der Waals surface area contributed by atoms with E-state index in [1.807, 2.05) is 0 Å². The van der Waals surface area contributed by atoms with Gasteiger partial charge >= 0.3 is 0 Å². The lowest BCUT2D eigenvalue weighted by atomic mass is 9.95. The van der Waals surface area contributed by atoms with Crippen LogP contribution in [0.1, 0.15) is 19.3 Å². The fourth-order valence-corrected chi connectivity index (χ4v) is 2.83. The summed E-state index contributed by atoms with van der Waals surface area (Å²) in [5.41, 5.74) is 0. The van der Waals surface area contributed by atoms with Crippen LogP contribution in [0.25, 0.3) is 0 Å². The highest BCUT2D eigenvalue weighted by atomic mass is 16.5. The number of carbonyl (C=O) groups excluding carboxylic acids is 1. The summed E-state index contributed by atoms with van der Waals surface area (Å²) in [4.78, 5) is 14.1. The lowest BCUT2D eigenvalue weighted by molar-refractivity contribution is -0.132. The molecule has 1 amide bonds. The van der Waals surface area contributed by atoms with Crippen LogP contribution in [-0.2, 0) is 9.53 Å². The van der Waals surface area contributed by atoms with Crippen molar-refractivity contribution < 1.29 is 9.53 Å². The lowest BCUT2D eigenvalue weighted by Crippen LogP contribution is -2.53. The fraction of sp³-hybridized carbons (Fsp3) is 0.923. The Hall–Kier alpha value is -0.650. The van der Waals surface area contributed by atoms with E-state index in [0.29, 0.717) is 6.61 Å². The monoisotopic (exact) mass is 255 g/mol. The first-order valence-electron chi connectivity index (χ1n) is 7.05. The Labute approximate surface area is 109 Å². The lowest BCUT2D eigenvalue weighted by Gasteiger charge is -2.35. The molecule has 104 valence electrons. The predicted octanol–water partition coefficient (Wildman–Crippen LogP) is -0.177. The van der Waals surface area contributed by atoms with Gasteiger partial charge in [0.2, 0.25) is 5.91 Å². The van der Waals surface area contributed by atoms with Gasteiger partial charge in [0.1, 0.15) is 6.04 Å². The molecule has 2 aliphatic rings. The second-order valence-corrected chi connectivity index (χ2v) is 5.24. The van der Waals surface area contributed by atoms with E-state index in [0.717, 1.165) is 38.7 Å². The van der Waals surface area contributed by atoms with Gasteiger partial charge in [0.05, 0.1) is 13.2 Å². The number of rotatable bonds is 4. The smallest absolute Gasteiger partial charge is 0.239 e. The highest BCUT2D eigenvalue weighted by molar-refractivity contribution is 5.81. The molecule has 0 saturated carbocycles. The van der Waals surface area contributed by atoms with Gasteiger partial charge in [-0.1, -0.05) is 0 Å². The number of amides is 1. The summed E-state index contributed by atoms with van der Waals surface area (Å²) in [6.07, 6.45) is 3.79. The normalized spacial score (nSPS) is 30.1. The molecule has 0 spiro atoms. The van der Waals surface area contributed by atoms with Crippen molar-refractivity contribution in [1.29, 1.82) is 0 Å². The number of piperidine rings is 1. The maximum Gasteiger partial charge on any atom is 0.239 e. The maximum atomic E-state index is 11.8. The Morgan fingerprint density at radius 3 is 3.17 bits per heavy atom. The van der Waals surface area contributed by atoms with Crippen LogP contribution < -0.4 is 10.6 Å². The van der Waals surface area contributed by atoms with Gasteiger partial charge in [-0.2, -0.15) is 0 Å². The molecule has 0 aromatic carbocycles. The highest BCUT2D eigenvalue weighted by Gasteiger charge is 2.29. The number of hydrogen-bond donors (Lipinski definition) is 2. The minimum Gasteiger partial charge on any atom is -0.378 e. The second kappa shape index (κ2) is 7.07. The van der Waals surface area contributed by atoms with E-state index in [2.05, 4.69) is 15.5 Å². The maximum absolute atomic E-state index is 11.8. The molecule has 2 heterocycles. The summed E-state index contributed by atoms with van der Waals surface area (Å²) in [6, 6.07) is -0.0969. The standard InChI is InChI=1S/C13H25N3O2/c1-14-13(17)12-10-18-8-7-16(12)6-4-11-3-2-5-15-9-11/h11-12,15H,2-10H2,1H3,(H,14,17). The van der Waals surface area contributed by atoms with E-state index in [4.69, 9.17) is 4.74 Å². The quantitative estimate of drug-likeness (QED) is 0.732. The number of ether oxygens (including phenoxy) is 1. The second-order valence-electron chi connectivity index (χ2n) is 5.24. The van der Waals surface area contributed by atoms with Crippen LogP contribution in [0.5, 0.6) is 0 Å². The van der Waals surface area contributed by atoms with E-state index in [1.54, 1.807) is 7.05 Å². The van der Waals surface area contributed by atoms with Crippen molar-refractivity contribution in [2.45, 2.75) is 25.3 Å². The van der Waals surface area contributed by atoms with Crippen LogP contribution in [0.15, 0.2) is 0 Å². The molecule has 0 aromatic rings. The minimum absolute atomic E-state index is 0.0801. The van der Waals surface area contributed by atoms with Gasteiger partial charge in [-0.15, -0.1) is 0 Å². The molecule has 2 aliphatic heterocycles. The summed E-state index contributed by atoms with van der Waals surface area (Å²) < 4.78 is 5.41. The molecule has 0 aliphatic carbocycles. The summed E-state index contributed by atoms with van der Waals surface area (Å²) in [6.45, 7) is 5.45. The average molecular weight is 255 g/mol. The zero-order valence-electron chi connectivity index (χ0n) is 11.3. The van der Waals surface area contributed by atoms with Crippen LogP contribution in [0.4, 0.5) is 0 Å². The van der Waals surface area contributed by atoms with Crippen LogP contribution in [-0.4, -0.2) is 63.3 Å². The minimum atomic E-state index is -0.0969. The zero-order valence-corrected chi connectivity index (χ0v) is 11.3. The molecule has 2 fully saturated rings. The summed E-state index contributed by atoms with van der Waals surface area (Å²) in [7, 11) is 1.69. The molecule has 5 nitrogen and oxygen atoms in total. The van der Waals surface area contributed by atoms with E-state index in [-0.39, 0.29) is 11.9 Å². The van der Waals surface area contributed by atoms with Gasteiger partial charge in [0, 0.05) is 13.6 Å². The molecule has 0 bridgehead atoms. The summed E-state index contributed by atoms with van der Waals surface area (Å²) >= 11 is 0. The van der Waals surface area contributed by atoms with E-state index in [9.17, 15) is 4.79 Å². The molecule has 2 atom stereocenters. The van der Waals surface area contributed by atoms with Gasteiger partial charge in [-0.25, -0.2) is 0 Å². The van der Waals surface area contributed by atoms with E-state index >= 15 is 0 Å². The van der Waals surface area contributed by atoms with Crippen molar-refractivity contribution in [3.05, 3.63) is 0 Å². The first-order valence-corrected chi connectivity index (χ1v) is 7.05. The number of nitrogens with one attached hydrogen (secondary N) is 2. The Morgan fingerprint density at radius 1 is 1.56 bits per heavy atom. The largest absolute Gasteiger partial charge is 0.378 e. The van der Waals surface area contributed by atoms with Crippen LogP contribution in [0, 0.1) is 5.92 Å². The van der Waals surface area contributed by atoms with Gasteiger partial charge in [0.15, 0.2) is 0 Å². The van der Waals surface area contributed by atoms with Gasteiger partial charge in [-0.3, -0.25) is 9.69 Å². The van der Waals surface area contributed by atoms with E-state index in [1.165, 1.54) is 19.3 Å². The molecular formula is C13H25N3O2. The van der Waals surface area contributed by atoms with Gasteiger partial charge < -0.3 is 15.4 Å². The summed E-state index contributed by atoms with van der Waals surface area (Å²) in [5.74, 6) is 0.850. The molecule has 2 unspecified atom stereocenters. The first kappa shape index (κ1) is 13.8. The highest BCUT2D eigenvalue weighted by Crippen LogP contribution is 2.16. The Balaban J connectivity index is 1.79. The Bertz CT molecular complexity index is 267. The Kier molecular flexibility index (Phi) is 5.41. The SMILES string of the molecule is CNC(=O)C1COCCN1CCC1CCCNC1. The van der Waals surface area contributed by atoms with E-state index < -0.39 is 0 Å². The molecule has 2 rings (SSSR count). The average Bonchev–Trinajstić information content (AvgIpc) is 2.45. The van der Waals surface area contributed by atoms with Crippen LogP contribution in [0.3, 0.4) is 0 Å². The molecule has 2 saturated heterocycles. The molecular weight excluding hydrogens is 230 g/mol. The topological polar surface area (TPSA) is 53.6 Å². The van der Waals surface area contributed by atoms with Crippen molar-refractivity contribution in [2.24, 2.45) is 5.92 Å². The molecule has 18 heavy (non-hydrogen) atoms. The zero-order chi connectivity index (χ0) is 12.8. The third kappa shape index (κ3) is 3.67. The molecule has 0 aromatic heterocycles. The molecule has 0 radical (unpaired) electrons. The third-order valence-corrected chi connectivity index (χ3v) is 4.01. The fourth-order valence-electron chi connectivity index (χ4n) is 2.83. The Morgan fingerprint density at radius 2 is 2.44 bits per heavy atom. The van der Waals surface area contributed by atoms with Crippen molar-refractivity contribution in [3.63, 3.8) is 0 Å². The number of carbonyl (C=O) groups is 1. The number of morpholine rings is 1. The predicted molar refractivity (Wildman–Crippen MR) is 70.5 cm³/mol. The van der Waals surface area contributed by atoms with Crippen molar-refractivity contribution in [3.8, 4) is 0 Å². The van der Waals surface area contributed by atoms with Crippen LogP contribution >= 0.6 is 0 Å². The first-order chi connectivity index (χ1) is 8.81. The third-order valence-electron chi connectivity index (χ3n) is 4.01. The molecule has 2 N–H and O–H groups in total. The molecule has 5 heteroatoms. The summed E-state index contributed by atoms with van der Waals surface area (Å²) in [5, 5.41) is 6.17. The van der Waals surface area contributed by atoms with Crippen molar-refractivity contribution in [2.75, 3.05) is 46.4 Å². The van der Waals surface area contributed by atoms with Crippen LogP contribution in [0.2, 0.25) is 0 Å². The number of likely N-dealkylation sites (N-methyl/N-ethyl adjacent to an activating group) is 1. The van der Waals surface area contributed by atoms with Crippen molar-refractivity contribution >= 4 is 5.91 Å². The van der Waals surface area contributed by atoms with Gasteiger partial charge in [-0.05, 0) is 44.8 Å². The number of nitrogens with zero attached hydrogens (tertiary/aromatic N) is 1.